The summed E-state index contributed by atoms with van der Waals surface area (Å²) in [5.74, 6) is 0.719. The van der Waals surface area contributed by atoms with Crippen LogP contribution < -0.4 is 4.74 Å². The van der Waals surface area contributed by atoms with Gasteiger partial charge in [0.2, 0.25) is 0 Å². The van der Waals surface area contributed by atoms with Crippen molar-refractivity contribution in [3.63, 3.8) is 0 Å². The first-order valence-corrected chi connectivity index (χ1v) is 5.56. The third-order valence-corrected chi connectivity index (χ3v) is 3.23. The summed E-state index contributed by atoms with van der Waals surface area (Å²) in [6.45, 7) is 2.04. The van der Waals surface area contributed by atoms with Gasteiger partial charge in [-0.1, -0.05) is 19.1 Å². The van der Waals surface area contributed by atoms with E-state index in [1.165, 1.54) is 0 Å². The quantitative estimate of drug-likeness (QED) is 0.734. The maximum atomic E-state index is 11.3. The highest BCUT2D eigenvalue weighted by Crippen LogP contribution is 2.40. The molecule has 1 aromatic rings. The zero-order valence-corrected chi connectivity index (χ0v) is 9.66. The van der Waals surface area contributed by atoms with E-state index in [0.29, 0.717) is 6.42 Å². The first-order valence-electron chi connectivity index (χ1n) is 5.56. The van der Waals surface area contributed by atoms with Crippen LogP contribution in [0.5, 0.6) is 5.75 Å². The number of benzene rings is 1. The molecular formula is C13H16O3. The Bertz CT molecular complexity index is 383. The maximum Gasteiger partial charge on any atom is 0.306 e. The molecule has 3 heteroatoms. The van der Waals surface area contributed by atoms with Crippen LogP contribution in [-0.2, 0) is 15.1 Å². The largest absolute Gasteiger partial charge is 0.497 e. The molecule has 0 aromatic heterocycles. The summed E-state index contributed by atoms with van der Waals surface area (Å²) < 4.78 is 10.6. The number of methoxy groups -OCH3 is 1. The van der Waals surface area contributed by atoms with Gasteiger partial charge in [0.15, 0.2) is 0 Å². The maximum absolute atomic E-state index is 11.3. The predicted molar refractivity (Wildman–Crippen MR) is 60.3 cm³/mol. The molecular weight excluding hydrogens is 204 g/mol. The topological polar surface area (TPSA) is 35.5 Å². The van der Waals surface area contributed by atoms with Crippen LogP contribution in [0, 0.1) is 0 Å². The Balaban J connectivity index is 2.30. The van der Waals surface area contributed by atoms with E-state index in [1.54, 1.807) is 7.11 Å². The van der Waals surface area contributed by atoms with Gasteiger partial charge in [0, 0.05) is 12.8 Å². The van der Waals surface area contributed by atoms with Gasteiger partial charge >= 0.3 is 5.97 Å². The van der Waals surface area contributed by atoms with E-state index in [4.69, 9.17) is 9.47 Å². The number of hydrogen-bond acceptors (Lipinski definition) is 3. The second-order valence-electron chi connectivity index (χ2n) is 4.05. The summed E-state index contributed by atoms with van der Waals surface area (Å²) in [5.41, 5.74) is 0.644. The zero-order valence-electron chi connectivity index (χ0n) is 9.66. The van der Waals surface area contributed by atoms with E-state index in [2.05, 4.69) is 0 Å². The SMILES string of the molecule is CCC1(c2ccc(OC)cc2)CCC(=O)O1. The highest BCUT2D eigenvalue weighted by Gasteiger charge is 2.40. The molecule has 0 N–H and O–H groups in total. The van der Waals surface area contributed by atoms with E-state index in [-0.39, 0.29) is 5.97 Å². The summed E-state index contributed by atoms with van der Waals surface area (Å²) in [6.07, 6.45) is 2.10. The molecule has 16 heavy (non-hydrogen) atoms. The fourth-order valence-corrected chi connectivity index (χ4v) is 2.18. The monoisotopic (exact) mass is 220 g/mol. The molecule has 2 rings (SSSR count). The average Bonchev–Trinajstić information content (AvgIpc) is 2.72. The van der Waals surface area contributed by atoms with Crippen LogP contribution in [0.15, 0.2) is 24.3 Å². The molecule has 86 valence electrons. The Morgan fingerprint density at radius 1 is 1.38 bits per heavy atom. The van der Waals surface area contributed by atoms with Crippen molar-refractivity contribution < 1.29 is 14.3 Å². The number of cyclic esters (lactones) is 1. The van der Waals surface area contributed by atoms with E-state index < -0.39 is 5.60 Å². The molecule has 1 heterocycles. The normalized spacial score (nSPS) is 24.2. The summed E-state index contributed by atoms with van der Waals surface area (Å²) in [7, 11) is 1.64. The van der Waals surface area contributed by atoms with Crippen molar-refractivity contribution in [1.82, 2.24) is 0 Å². The highest BCUT2D eigenvalue weighted by atomic mass is 16.6. The van der Waals surface area contributed by atoms with Crippen molar-refractivity contribution >= 4 is 5.97 Å². The number of carbonyl (C=O) groups is 1. The molecule has 1 saturated heterocycles. The second-order valence-corrected chi connectivity index (χ2v) is 4.05. The summed E-state index contributed by atoms with van der Waals surface area (Å²) in [5, 5.41) is 0. The Hall–Kier alpha value is -1.51. The second kappa shape index (κ2) is 4.16. The van der Waals surface area contributed by atoms with Gasteiger partial charge in [-0.05, 0) is 24.1 Å². The van der Waals surface area contributed by atoms with E-state index in [1.807, 2.05) is 31.2 Å². The Morgan fingerprint density at radius 3 is 2.50 bits per heavy atom. The molecule has 1 aromatic carbocycles. The summed E-state index contributed by atoms with van der Waals surface area (Å²) >= 11 is 0. The highest BCUT2D eigenvalue weighted by molar-refractivity contribution is 5.72. The van der Waals surface area contributed by atoms with Crippen LogP contribution >= 0.6 is 0 Å². The average molecular weight is 220 g/mol. The third-order valence-electron chi connectivity index (χ3n) is 3.23. The standard InChI is InChI=1S/C13H16O3/c1-3-13(9-8-12(14)16-13)10-4-6-11(15-2)7-5-10/h4-7H,3,8-9H2,1-2H3. The minimum atomic E-state index is -0.413. The smallest absolute Gasteiger partial charge is 0.306 e. The minimum absolute atomic E-state index is 0.0994. The number of carbonyl (C=O) groups excluding carboxylic acids is 1. The zero-order chi connectivity index (χ0) is 11.6. The molecule has 0 radical (unpaired) electrons. The van der Waals surface area contributed by atoms with Gasteiger partial charge in [0.1, 0.15) is 11.4 Å². The van der Waals surface area contributed by atoms with E-state index in [9.17, 15) is 4.79 Å². The van der Waals surface area contributed by atoms with Crippen LogP contribution in [0.4, 0.5) is 0 Å². The summed E-state index contributed by atoms with van der Waals surface area (Å²) in [6, 6.07) is 7.75. The van der Waals surface area contributed by atoms with Crippen LogP contribution in [0.1, 0.15) is 31.7 Å². The van der Waals surface area contributed by atoms with Gasteiger partial charge < -0.3 is 9.47 Å². The van der Waals surface area contributed by atoms with Crippen molar-refractivity contribution in [2.45, 2.75) is 31.8 Å². The van der Waals surface area contributed by atoms with Crippen molar-refractivity contribution in [1.29, 1.82) is 0 Å². The predicted octanol–water partition coefficient (Wildman–Crippen LogP) is 2.64. The first-order chi connectivity index (χ1) is 7.70. The van der Waals surface area contributed by atoms with Crippen LogP contribution in [-0.4, -0.2) is 13.1 Å². The Kier molecular flexibility index (Phi) is 2.86. The molecule has 0 spiro atoms. The minimum Gasteiger partial charge on any atom is -0.497 e. The van der Waals surface area contributed by atoms with E-state index in [0.717, 1.165) is 24.2 Å². The first kappa shape index (κ1) is 11.0. The van der Waals surface area contributed by atoms with Gasteiger partial charge in [-0.3, -0.25) is 4.79 Å². The van der Waals surface area contributed by atoms with Crippen LogP contribution in [0.2, 0.25) is 0 Å². The lowest BCUT2D eigenvalue weighted by atomic mass is 9.88. The molecule has 1 unspecified atom stereocenters. The van der Waals surface area contributed by atoms with Crippen molar-refractivity contribution in [2.75, 3.05) is 7.11 Å². The van der Waals surface area contributed by atoms with Crippen LogP contribution in [0.25, 0.3) is 0 Å². The lowest BCUT2D eigenvalue weighted by Crippen LogP contribution is -2.24. The molecule has 0 amide bonds. The molecule has 1 aliphatic rings. The van der Waals surface area contributed by atoms with E-state index >= 15 is 0 Å². The molecule has 1 atom stereocenters. The number of esters is 1. The number of ether oxygens (including phenoxy) is 2. The number of rotatable bonds is 3. The van der Waals surface area contributed by atoms with Crippen LogP contribution in [0.3, 0.4) is 0 Å². The lowest BCUT2D eigenvalue weighted by Gasteiger charge is -2.26. The van der Waals surface area contributed by atoms with Gasteiger partial charge in [-0.15, -0.1) is 0 Å². The molecule has 1 fully saturated rings. The van der Waals surface area contributed by atoms with Gasteiger partial charge in [0.25, 0.3) is 0 Å². The number of hydrogen-bond donors (Lipinski definition) is 0. The molecule has 0 saturated carbocycles. The fraction of sp³-hybridized carbons (Fsp3) is 0.462. The molecule has 1 aliphatic heterocycles. The molecule has 3 nitrogen and oxygen atoms in total. The molecule has 0 bridgehead atoms. The third kappa shape index (κ3) is 1.77. The van der Waals surface area contributed by atoms with Gasteiger partial charge in [0.05, 0.1) is 7.11 Å². The Labute approximate surface area is 95.4 Å². The summed E-state index contributed by atoms with van der Waals surface area (Å²) in [4.78, 5) is 11.3. The van der Waals surface area contributed by atoms with Crippen molar-refractivity contribution in [3.8, 4) is 5.75 Å². The lowest BCUT2D eigenvalue weighted by molar-refractivity contribution is -0.149. The van der Waals surface area contributed by atoms with Gasteiger partial charge in [-0.2, -0.15) is 0 Å². The molecule has 0 aliphatic carbocycles. The fourth-order valence-electron chi connectivity index (χ4n) is 2.18. The Morgan fingerprint density at radius 2 is 2.06 bits per heavy atom. The van der Waals surface area contributed by atoms with Crippen molar-refractivity contribution in [2.24, 2.45) is 0 Å². The van der Waals surface area contributed by atoms with Gasteiger partial charge in [-0.25, -0.2) is 0 Å². The van der Waals surface area contributed by atoms with Crippen molar-refractivity contribution in [3.05, 3.63) is 29.8 Å².